The van der Waals surface area contributed by atoms with E-state index in [4.69, 9.17) is 5.73 Å². The molecule has 0 radical (unpaired) electrons. The van der Waals surface area contributed by atoms with Crippen molar-refractivity contribution in [1.82, 2.24) is 4.72 Å². The minimum absolute atomic E-state index is 0.113. The largest absolute Gasteiger partial charge is 0.398 e. The van der Waals surface area contributed by atoms with Crippen LogP contribution in [0.5, 0.6) is 0 Å². The summed E-state index contributed by atoms with van der Waals surface area (Å²) in [6.45, 7) is 0. The molecule has 0 amide bonds. The van der Waals surface area contributed by atoms with Crippen molar-refractivity contribution in [2.75, 3.05) is 28.7 Å². The quantitative estimate of drug-likeness (QED) is 0.618. The van der Waals surface area contributed by atoms with E-state index in [2.05, 4.69) is 4.72 Å². The molecule has 7 heteroatoms. The Morgan fingerprint density at radius 2 is 2.21 bits per heavy atom. The molecule has 1 aromatic carbocycles. The van der Waals surface area contributed by atoms with Gasteiger partial charge in [0.1, 0.15) is 0 Å². The standard InChI is InChI=1S/C12H18N2O2S3/c13-11-3-1-2-4-12(11)18-7-8-19(15,16)14-10-5-6-17-9-10/h1-4,10,14H,5-9,13H2. The smallest absolute Gasteiger partial charge is 0.212 e. The number of nitrogen functional groups attached to an aromatic ring is 1. The maximum absolute atomic E-state index is 11.9. The Kier molecular flexibility index (Phi) is 5.44. The van der Waals surface area contributed by atoms with Crippen molar-refractivity contribution < 1.29 is 8.42 Å². The summed E-state index contributed by atoms with van der Waals surface area (Å²) in [7, 11) is -3.17. The summed E-state index contributed by atoms with van der Waals surface area (Å²) in [6, 6.07) is 7.62. The van der Waals surface area contributed by atoms with Gasteiger partial charge in [0.25, 0.3) is 0 Å². The number of hydrogen-bond donors (Lipinski definition) is 2. The highest BCUT2D eigenvalue weighted by Crippen LogP contribution is 2.24. The van der Waals surface area contributed by atoms with E-state index in [1.54, 1.807) is 11.8 Å². The lowest BCUT2D eigenvalue weighted by Crippen LogP contribution is -2.36. The van der Waals surface area contributed by atoms with Gasteiger partial charge < -0.3 is 5.73 Å². The number of nitrogens with one attached hydrogen (secondary N) is 1. The summed E-state index contributed by atoms with van der Waals surface area (Å²) < 4.78 is 26.6. The minimum Gasteiger partial charge on any atom is -0.398 e. The van der Waals surface area contributed by atoms with Crippen LogP contribution in [0.4, 0.5) is 5.69 Å². The van der Waals surface area contributed by atoms with E-state index in [0.717, 1.165) is 22.8 Å². The molecule has 1 aromatic rings. The van der Waals surface area contributed by atoms with Crippen molar-refractivity contribution in [2.24, 2.45) is 0 Å². The Hall–Kier alpha value is -0.370. The average Bonchev–Trinajstić information content (AvgIpc) is 2.83. The van der Waals surface area contributed by atoms with Crippen molar-refractivity contribution >= 4 is 39.2 Å². The summed E-state index contributed by atoms with van der Waals surface area (Å²) in [6.07, 6.45) is 0.933. The van der Waals surface area contributed by atoms with Crippen LogP contribution in [-0.2, 0) is 10.0 Å². The van der Waals surface area contributed by atoms with Gasteiger partial charge in [-0.3, -0.25) is 0 Å². The van der Waals surface area contributed by atoms with Crippen molar-refractivity contribution in [3.8, 4) is 0 Å². The van der Waals surface area contributed by atoms with Gasteiger partial charge in [-0.15, -0.1) is 11.8 Å². The normalized spacial score (nSPS) is 19.7. The zero-order chi connectivity index (χ0) is 13.7. The first-order valence-electron chi connectivity index (χ1n) is 6.12. The number of rotatable bonds is 6. The number of thioether (sulfide) groups is 2. The second kappa shape index (κ2) is 6.88. The Morgan fingerprint density at radius 1 is 1.42 bits per heavy atom. The van der Waals surface area contributed by atoms with Crippen LogP contribution in [0.3, 0.4) is 0 Å². The third-order valence-electron chi connectivity index (χ3n) is 2.80. The van der Waals surface area contributed by atoms with Gasteiger partial charge in [-0.2, -0.15) is 11.8 Å². The van der Waals surface area contributed by atoms with E-state index in [-0.39, 0.29) is 11.8 Å². The van der Waals surface area contributed by atoms with Gasteiger partial charge in [0.15, 0.2) is 0 Å². The van der Waals surface area contributed by atoms with Gasteiger partial charge in [-0.25, -0.2) is 13.1 Å². The van der Waals surface area contributed by atoms with Crippen LogP contribution in [0.25, 0.3) is 0 Å². The van der Waals surface area contributed by atoms with Crippen LogP contribution in [0.1, 0.15) is 6.42 Å². The first-order chi connectivity index (χ1) is 9.07. The van der Waals surface area contributed by atoms with E-state index in [1.807, 2.05) is 24.3 Å². The molecule has 0 aromatic heterocycles. The maximum Gasteiger partial charge on any atom is 0.212 e. The highest BCUT2D eigenvalue weighted by atomic mass is 32.2. The molecule has 1 heterocycles. The third kappa shape index (κ3) is 4.91. The molecule has 0 bridgehead atoms. The van der Waals surface area contributed by atoms with Gasteiger partial charge >= 0.3 is 0 Å². The highest BCUT2D eigenvalue weighted by Gasteiger charge is 2.21. The molecule has 1 saturated heterocycles. The number of anilines is 1. The molecule has 4 nitrogen and oxygen atoms in total. The predicted molar refractivity (Wildman–Crippen MR) is 84.2 cm³/mol. The van der Waals surface area contributed by atoms with Gasteiger partial charge in [-0.05, 0) is 24.3 Å². The maximum atomic E-state index is 11.9. The number of sulfonamides is 1. The van der Waals surface area contributed by atoms with E-state index in [9.17, 15) is 8.42 Å². The van der Waals surface area contributed by atoms with Crippen LogP contribution in [-0.4, -0.2) is 37.5 Å². The monoisotopic (exact) mass is 318 g/mol. The topological polar surface area (TPSA) is 72.2 Å². The third-order valence-corrected chi connectivity index (χ3v) is 6.75. The van der Waals surface area contributed by atoms with Crippen molar-refractivity contribution in [2.45, 2.75) is 17.4 Å². The van der Waals surface area contributed by atoms with Gasteiger partial charge in [-0.1, -0.05) is 12.1 Å². The number of benzene rings is 1. The Bertz CT molecular complexity index is 513. The molecule has 1 aliphatic rings. The van der Waals surface area contributed by atoms with Crippen LogP contribution in [0.2, 0.25) is 0 Å². The molecule has 0 spiro atoms. The zero-order valence-electron chi connectivity index (χ0n) is 10.5. The van der Waals surface area contributed by atoms with Crippen molar-refractivity contribution in [3.05, 3.63) is 24.3 Å². The molecule has 106 valence electrons. The molecule has 0 aliphatic carbocycles. The molecule has 1 fully saturated rings. The zero-order valence-corrected chi connectivity index (χ0v) is 13.0. The fourth-order valence-corrected chi connectivity index (χ4v) is 5.74. The lowest BCUT2D eigenvalue weighted by atomic mass is 10.3. The molecule has 19 heavy (non-hydrogen) atoms. The first-order valence-corrected chi connectivity index (χ1v) is 9.91. The summed E-state index contributed by atoms with van der Waals surface area (Å²) in [5, 5.41) is 0. The van der Waals surface area contributed by atoms with Crippen LogP contribution < -0.4 is 10.5 Å². The predicted octanol–water partition coefficient (Wildman–Crippen LogP) is 1.79. The van der Waals surface area contributed by atoms with E-state index in [1.165, 1.54) is 11.8 Å². The van der Waals surface area contributed by atoms with Gasteiger partial charge in [0.05, 0.1) is 5.75 Å². The molecule has 2 rings (SSSR count). The Labute approximate surface area is 123 Å². The molecule has 1 unspecified atom stereocenters. The van der Waals surface area contributed by atoms with Gasteiger partial charge in [0.2, 0.25) is 10.0 Å². The summed E-state index contributed by atoms with van der Waals surface area (Å²) in [5.41, 5.74) is 6.51. The summed E-state index contributed by atoms with van der Waals surface area (Å²) in [4.78, 5) is 0.939. The minimum atomic E-state index is -3.17. The lowest BCUT2D eigenvalue weighted by Gasteiger charge is -2.12. The van der Waals surface area contributed by atoms with E-state index in [0.29, 0.717) is 11.4 Å². The molecule has 1 atom stereocenters. The number of nitrogens with two attached hydrogens (primary N) is 1. The van der Waals surface area contributed by atoms with Crippen LogP contribution in [0.15, 0.2) is 29.2 Å². The molecule has 0 saturated carbocycles. The lowest BCUT2D eigenvalue weighted by molar-refractivity contribution is 0.564. The number of para-hydroxylation sites is 1. The first kappa shape index (κ1) is 15.0. The second-order valence-electron chi connectivity index (χ2n) is 4.38. The highest BCUT2D eigenvalue weighted by molar-refractivity contribution is 8.00. The average molecular weight is 318 g/mol. The molecular weight excluding hydrogens is 300 g/mol. The Balaban J connectivity index is 1.79. The number of hydrogen-bond acceptors (Lipinski definition) is 5. The van der Waals surface area contributed by atoms with E-state index >= 15 is 0 Å². The Morgan fingerprint density at radius 3 is 2.89 bits per heavy atom. The van der Waals surface area contributed by atoms with Crippen LogP contribution >= 0.6 is 23.5 Å². The molecular formula is C12H18N2O2S3. The van der Waals surface area contributed by atoms with Crippen molar-refractivity contribution in [1.29, 1.82) is 0 Å². The SMILES string of the molecule is Nc1ccccc1SCCS(=O)(=O)NC1CCSC1. The van der Waals surface area contributed by atoms with E-state index < -0.39 is 10.0 Å². The fraction of sp³-hybridized carbons (Fsp3) is 0.500. The fourth-order valence-electron chi connectivity index (χ4n) is 1.81. The summed E-state index contributed by atoms with van der Waals surface area (Å²) in [5.74, 6) is 2.58. The van der Waals surface area contributed by atoms with Crippen molar-refractivity contribution in [3.63, 3.8) is 0 Å². The molecule has 3 N–H and O–H groups in total. The van der Waals surface area contributed by atoms with Gasteiger partial charge in [0, 0.05) is 28.1 Å². The second-order valence-corrected chi connectivity index (χ2v) is 8.54. The van der Waals surface area contributed by atoms with Crippen LogP contribution in [0, 0.1) is 0 Å². The summed E-state index contributed by atoms with van der Waals surface area (Å²) >= 11 is 3.28. The molecule has 1 aliphatic heterocycles.